The number of amides is 1. The predicted molar refractivity (Wildman–Crippen MR) is 262 cm³/mol. The molecule has 3 N–H and O–H groups in total. The molecule has 0 fully saturated rings. The van der Waals surface area contributed by atoms with Crippen LogP contribution in [0.3, 0.4) is 0 Å². The van der Waals surface area contributed by atoms with Gasteiger partial charge in [-0.1, -0.05) is 212 Å². The molecule has 0 radical (unpaired) electrons. The number of aliphatic hydroxyl groups is 2. The molecule has 4 nitrogen and oxygen atoms in total. The number of allylic oxidation sites excluding steroid dienone is 19. The molecule has 334 valence electrons. The Labute approximate surface area is 365 Å². The van der Waals surface area contributed by atoms with E-state index in [-0.39, 0.29) is 12.5 Å². The molecule has 0 aromatic carbocycles. The zero-order chi connectivity index (χ0) is 42.8. The molecule has 0 bridgehead atoms. The Morgan fingerprint density at radius 1 is 0.424 bits per heavy atom. The summed E-state index contributed by atoms with van der Waals surface area (Å²) in [5, 5.41) is 23.0. The van der Waals surface area contributed by atoms with E-state index in [1.165, 1.54) is 83.5 Å². The normalized spacial score (nSPS) is 14.0. The summed E-state index contributed by atoms with van der Waals surface area (Å²) in [4.78, 5) is 12.4. The Morgan fingerprint density at radius 3 is 1.19 bits per heavy atom. The van der Waals surface area contributed by atoms with Gasteiger partial charge in [0.15, 0.2) is 0 Å². The fourth-order valence-corrected chi connectivity index (χ4v) is 6.48. The molecule has 0 aromatic rings. The number of hydrogen-bond acceptors (Lipinski definition) is 3. The third kappa shape index (κ3) is 45.7. The van der Waals surface area contributed by atoms with Crippen LogP contribution in [0.15, 0.2) is 122 Å². The average molecular weight is 814 g/mol. The summed E-state index contributed by atoms with van der Waals surface area (Å²) < 4.78 is 0. The molecule has 0 saturated carbocycles. The third-order valence-corrected chi connectivity index (χ3v) is 10.2. The third-order valence-electron chi connectivity index (χ3n) is 10.2. The minimum atomic E-state index is -0.894. The van der Waals surface area contributed by atoms with E-state index >= 15 is 0 Å². The van der Waals surface area contributed by atoms with Crippen molar-refractivity contribution in [1.29, 1.82) is 0 Å². The minimum absolute atomic E-state index is 0.115. The molecule has 0 aromatic heterocycles. The Balaban J connectivity index is 3.76. The fourth-order valence-electron chi connectivity index (χ4n) is 6.48. The number of unbranched alkanes of at least 4 members (excludes halogenated alkanes) is 17. The van der Waals surface area contributed by atoms with Crippen LogP contribution in [0.4, 0.5) is 0 Å². The first-order chi connectivity index (χ1) is 29.2. The van der Waals surface area contributed by atoms with Crippen LogP contribution in [-0.4, -0.2) is 34.9 Å². The van der Waals surface area contributed by atoms with Crippen LogP contribution in [0, 0.1) is 0 Å². The Morgan fingerprint density at radius 2 is 0.763 bits per heavy atom. The molecule has 0 aliphatic heterocycles. The first-order valence-corrected chi connectivity index (χ1v) is 24.2. The van der Waals surface area contributed by atoms with E-state index in [9.17, 15) is 15.0 Å². The van der Waals surface area contributed by atoms with Crippen molar-refractivity contribution in [3.8, 4) is 0 Å². The first kappa shape index (κ1) is 55.8. The van der Waals surface area contributed by atoms with Crippen molar-refractivity contribution in [2.45, 2.75) is 212 Å². The summed E-state index contributed by atoms with van der Waals surface area (Å²) in [6, 6.07) is -0.673. The number of carbonyl (C=O) groups is 1. The van der Waals surface area contributed by atoms with Crippen LogP contribution >= 0.6 is 0 Å². The summed E-state index contributed by atoms with van der Waals surface area (Å²) in [7, 11) is 0. The predicted octanol–water partition coefficient (Wildman–Crippen LogP) is 15.7. The lowest BCUT2D eigenvalue weighted by molar-refractivity contribution is -0.123. The zero-order valence-corrected chi connectivity index (χ0v) is 38.2. The quantitative estimate of drug-likeness (QED) is 0.0425. The summed E-state index contributed by atoms with van der Waals surface area (Å²) in [5.41, 5.74) is 0. The van der Waals surface area contributed by atoms with Gasteiger partial charge in [0.2, 0.25) is 5.91 Å². The maximum absolute atomic E-state index is 12.4. The highest BCUT2D eigenvalue weighted by molar-refractivity contribution is 5.76. The summed E-state index contributed by atoms with van der Waals surface area (Å²) in [6.45, 7) is 4.16. The van der Waals surface area contributed by atoms with Gasteiger partial charge >= 0.3 is 0 Å². The second kappa shape index (κ2) is 49.2. The highest BCUT2D eigenvalue weighted by atomic mass is 16.3. The highest BCUT2D eigenvalue weighted by Crippen LogP contribution is 2.13. The summed E-state index contributed by atoms with van der Waals surface area (Å²) in [5.74, 6) is -0.115. The largest absolute Gasteiger partial charge is 0.394 e. The lowest BCUT2D eigenvalue weighted by Crippen LogP contribution is -2.45. The van der Waals surface area contributed by atoms with Gasteiger partial charge in [0, 0.05) is 6.42 Å². The van der Waals surface area contributed by atoms with Crippen molar-refractivity contribution >= 4 is 5.91 Å². The van der Waals surface area contributed by atoms with Gasteiger partial charge in [-0.25, -0.2) is 0 Å². The molecule has 2 unspecified atom stereocenters. The van der Waals surface area contributed by atoms with E-state index in [0.29, 0.717) is 6.42 Å². The molecular formula is C55H91NO3. The monoisotopic (exact) mass is 814 g/mol. The number of hydrogen-bond donors (Lipinski definition) is 3. The van der Waals surface area contributed by atoms with Crippen molar-refractivity contribution < 1.29 is 15.0 Å². The Kier molecular flexibility index (Phi) is 46.5. The molecule has 59 heavy (non-hydrogen) atoms. The van der Waals surface area contributed by atoms with Crippen LogP contribution in [0.1, 0.15) is 200 Å². The van der Waals surface area contributed by atoms with E-state index in [1.807, 2.05) is 6.08 Å². The van der Waals surface area contributed by atoms with E-state index in [2.05, 4.69) is 129 Å². The van der Waals surface area contributed by atoms with Gasteiger partial charge < -0.3 is 15.5 Å². The first-order valence-electron chi connectivity index (χ1n) is 24.2. The van der Waals surface area contributed by atoms with Gasteiger partial charge in [0.1, 0.15) is 0 Å². The number of aliphatic hydroxyl groups excluding tert-OH is 2. The number of rotatable bonds is 42. The van der Waals surface area contributed by atoms with Gasteiger partial charge in [-0.3, -0.25) is 4.79 Å². The maximum atomic E-state index is 12.4. The van der Waals surface area contributed by atoms with Gasteiger partial charge in [-0.05, 0) is 103 Å². The second-order valence-electron chi connectivity index (χ2n) is 15.8. The molecular weight excluding hydrogens is 723 g/mol. The van der Waals surface area contributed by atoms with Crippen LogP contribution in [-0.2, 0) is 4.79 Å². The molecule has 0 aliphatic rings. The van der Waals surface area contributed by atoms with Gasteiger partial charge in [0.05, 0.1) is 18.8 Å². The Hall–Kier alpha value is -3.21. The summed E-state index contributed by atoms with van der Waals surface area (Å²) >= 11 is 0. The van der Waals surface area contributed by atoms with Crippen LogP contribution in [0.5, 0.6) is 0 Å². The molecule has 4 heteroatoms. The van der Waals surface area contributed by atoms with Gasteiger partial charge in [-0.2, -0.15) is 0 Å². The van der Waals surface area contributed by atoms with E-state index in [4.69, 9.17) is 0 Å². The SMILES string of the molecule is CC/C=C\C/C=C\C/C=C\C/C=C\C/C=C\C/C=C\C/C=C\CCCCCC(=O)NC(CO)C(O)/C=C/CC/C=C/CC/C=C/CCCCCCCCCCCCCC. The minimum Gasteiger partial charge on any atom is -0.394 e. The van der Waals surface area contributed by atoms with E-state index < -0.39 is 12.1 Å². The molecule has 1 amide bonds. The fraction of sp³-hybridized carbons (Fsp3) is 0.618. The summed E-state index contributed by atoms with van der Waals surface area (Å²) in [6.07, 6.45) is 76.0. The van der Waals surface area contributed by atoms with Crippen LogP contribution in [0.25, 0.3) is 0 Å². The lowest BCUT2D eigenvalue weighted by atomic mass is 10.0. The highest BCUT2D eigenvalue weighted by Gasteiger charge is 2.17. The van der Waals surface area contributed by atoms with Gasteiger partial charge in [-0.15, -0.1) is 0 Å². The maximum Gasteiger partial charge on any atom is 0.220 e. The number of carbonyl (C=O) groups excluding carboxylic acids is 1. The van der Waals surface area contributed by atoms with Crippen molar-refractivity contribution in [2.75, 3.05) is 6.61 Å². The van der Waals surface area contributed by atoms with Crippen molar-refractivity contribution in [2.24, 2.45) is 0 Å². The Bertz CT molecular complexity index is 1200. The van der Waals surface area contributed by atoms with Gasteiger partial charge in [0.25, 0.3) is 0 Å². The van der Waals surface area contributed by atoms with Crippen molar-refractivity contribution in [3.63, 3.8) is 0 Å². The molecule has 0 rings (SSSR count). The average Bonchev–Trinajstić information content (AvgIpc) is 3.24. The van der Waals surface area contributed by atoms with Crippen LogP contribution < -0.4 is 5.32 Å². The number of nitrogens with one attached hydrogen (secondary N) is 1. The van der Waals surface area contributed by atoms with E-state index in [1.54, 1.807) is 6.08 Å². The molecule has 2 atom stereocenters. The standard InChI is InChI=1S/C55H91NO3/c1-3-5-7-9-11-13-15-17-19-21-23-25-27-28-29-31-33-35-37-39-41-43-45-47-49-51-55(59)56-53(52-57)54(58)50-48-46-44-42-40-38-36-34-32-30-26-24-22-20-18-16-14-12-10-8-6-4-2/h5,7,11,13,17,19,23,25,28-29,32-35,39-42,48,50,53-54,57-58H,3-4,6,8-10,12,14-16,18,20-22,24,26-27,30-31,36-38,43-47,49,51-52H2,1-2H3,(H,56,59)/b7-5-,13-11-,19-17-,25-23-,29-28-,34-32+,35-33-,41-39-,42-40+,50-48+. The van der Waals surface area contributed by atoms with Crippen molar-refractivity contribution in [3.05, 3.63) is 122 Å². The lowest BCUT2D eigenvalue weighted by Gasteiger charge is -2.19. The zero-order valence-electron chi connectivity index (χ0n) is 38.2. The molecule has 0 spiro atoms. The topological polar surface area (TPSA) is 69.6 Å². The molecule has 0 saturated heterocycles. The van der Waals surface area contributed by atoms with E-state index in [0.717, 1.165) is 96.3 Å². The smallest absolute Gasteiger partial charge is 0.220 e. The second-order valence-corrected chi connectivity index (χ2v) is 15.8. The van der Waals surface area contributed by atoms with Crippen LogP contribution in [0.2, 0.25) is 0 Å². The molecule has 0 heterocycles. The van der Waals surface area contributed by atoms with Crippen molar-refractivity contribution in [1.82, 2.24) is 5.32 Å². The molecule has 0 aliphatic carbocycles.